The van der Waals surface area contributed by atoms with E-state index in [9.17, 15) is 9.59 Å². The van der Waals surface area contributed by atoms with E-state index in [1.165, 1.54) is 6.33 Å². The van der Waals surface area contributed by atoms with Crippen LogP contribution in [0.1, 0.15) is 29.2 Å². The Labute approximate surface area is 175 Å². The van der Waals surface area contributed by atoms with Gasteiger partial charge in [-0.3, -0.25) is 9.59 Å². The van der Waals surface area contributed by atoms with Crippen molar-refractivity contribution < 1.29 is 14.3 Å². The van der Waals surface area contributed by atoms with Crippen molar-refractivity contribution in [2.45, 2.75) is 19.3 Å². The SMILES string of the molecule is Cc1nn(-c2ccc3nncn3n2)c2c1[C@@H](c1ccc(OCC(N)=O)cc1)CC(=O)N2. The molecule has 0 fully saturated rings. The molecule has 4 heterocycles. The number of amides is 2. The molecule has 0 bridgehead atoms. The number of nitrogens with one attached hydrogen (secondary N) is 1. The maximum atomic E-state index is 12.5. The Hall–Kier alpha value is -4.28. The van der Waals surface area contributed by atoms with Crippen LogP contribution >= 0.6 is 0 Å². The molecule has 2 amide bonds. The molecule has 1 atom stereocenters. The van der Waals surface area contributed by atoms with Crippen molar-refractivity contribution in [1.29, 1.82) is 0 Å². The minimum absolute atomic E-state index is 0.113. The quantitative estimate of drug-likeness (QED) is 0.491. The van der Waals surface area contributed by atoms with Crippen LogP contribution in [0.5, 0.6) is 5.75 Å². The van der Waals surface area contributed by atoms with Gasteiger partial charge in [0.2, 0.25) is 5.91 Å². The van der Waals surface area contributed by atoms with Crippen LogP contribution in [0.2, 0.25) is 0 Å². The van der Waals surface area contributed by atoms with E-state index < -0.39 is 5.91 Å². The average molecular weight is 418 g/mol. The molecule has 3 N–H and O–H groups in total. The summed E-state index contributed by atoms with van der Waals surface area (Å²) in [6.07, 6.45) is 1.80. The lowest BCUT2D eigenvalue weighted by Crippen LogP contribution is -2.25. The predicted molar refractivity (Wildman–Crippen MR) is 109 cm³/mol. The van der Waals surface area contributed by atoms with Gasteiger partial charge < -0.3 is 15.8 Å². The number of hydrogen-bond acceptors (Lipinski definition) is 7. The molecule has 0 radical (unpaired) electrons. The Kier molecular flexibility index (Phi) is 4.35. The summed E-state index contributed by atoms with van der Waals surface area (Å²) in [6.45, 7) is 1.71. The van der Waals surface area contributed by atoms with Gasteiger partial charge in [0.15, 0.2) is 18.1 Å². The number of aryl methyl sites for hydroxylation is 1. The lowest BCUT2D eigenvalue weighted by molar-refractivity contribution is -0.120. The van der Waals surface area contributed by atoms with Crippen molar-refractivity contribution in [3.05, 3.63) is 59.5 Å². The van der Waals surface area contributed by atoms with Crippen LogP contribution in [0.25, 0.3) is 11.5 Å². The molecule has 11 heteroatoms. The number of nitrogens with zero attached hydrogens (tertiary/aromatic N) is 6. The molecule has 1 aliphatic heterocycles. The monoisotopic (exact) mass is 418 g/mol. The zero-order valence-corrected chi connectivity index (χ0v) is 16.5. The van der Waals surface area contributed by atoms with Crippen LogP contribution in [0.3, 0.4) is 0 Å². The summed E-state index contributed by atoms with van der Waals surface area (Å²) in [5.41, 5.74) is 8.38. The lowest BCUT2D eigenvalue weighted by atomic mass is 9.86. The summed E-state index contributed by atoms with van der Waals surface area (Å²) in [4.78, 5) is 23.4. The van der Waals surface area contributed by atoms with E-state index in [1.54, 1.807) is 33.5 Å². The zero-order chi connectivity index (χ0) is 21.5. The number of nitrogens with two attached hydrogens (primary N) is 1. The highest BCUT2D eigenvalue weighted by Crippen LogP contribution is 2.40. The first kappa shape index (κ1) is 18.7. The Morgan fingerprint density at radius 3 is 2.81 bits per heavy atom. The van der Waals surface area contributed by atoms with E-state index in [-0.39, 0.29) is 18.4 Å². The highest BCUT2D eigenvalue weighted by Gasteiger charge is 2.33. The first-order valence-corrected chi connectivity index (χ1v) is 9.57. The van der Waals surface area contributed by atoms with Gasteiger partial charge in [0.05, 0.1) is 5.69 Å². The minimum atomic E-state index is -0.543. The van der Waals surface area contributed by atoms with Crippen molar-refractivity contribution in [2.24, 2.45) is 5.73 Å². The third kappa shape index (κ3) is 3.35. The molecule has 1 aliphatic rings. The topological polar surface area (TPSA) is 142 Å². The normalized spacial score (nSPS) is 15.5. The van der Waals surface area contributed by atoms with Gasteiger partial charge in [0.25, 0.3) is 5.91 Å². The van der Waals surface area contributed by atoms with E-state index in [0.29, 0.717) is 29.5 Å². The summed E-state index contributed by atoms with van der Waals surface area (Å²) < 4.78 is 8.49. The van der Waals surface area contributed by atoms with E-state index in [1.807, 2.05) is 19.1 Å². The Morgan fingerprint density at radius 1 is 1.23 bits per heavy atom. The lowest BCUT2D eigenvalue weighted by Gasteiger charge is -2.24. The van der Waals surface area contributed by atoms with Gasteiger partial charge in [-0.1, -0.05) is 12.1 Å². The van der Waals surface area contributed by atoms with Crippen molar-refractivity contribution in [3.63, 3.8) is 0 Å². The number of carbonyl (C=O) groups excluding carboxylic acids is 2. The smallest absolute Gasteiger partial charge is 0.255 e. The minimum Gasteiger partial charge on any atom is -0.484 e. The molecule has 5 rings (SSSR count). The summed E-state index contributed by atoms with van der Waals surface area (Å²) in [6, 6.07) is 10.8. The van der Waals surface area contributed by atoms with Gasteiger partial charge in [0, 0.05) is 17.9 Å². The van der Waals surface area contributed by atoms with Gasteiger partial charge in [-0.25, -0.2) is 0 Å². The molecule has 3 aromatic heterocycles. The van der Waals surface area contributed by atoms with Crippen molar-refractivity contribution in [2.75, 3.05) is 11.9 Å². The van der Waals surface area contributed by atoms with Crippen LogP contribution in [-0.2, 0) is 9.59 Å². The maximum absolute atomic E-state index is 12.5. The number of primary amides is 1. The number of ether oxygens (including phenoxy) is 1. The van der Waals surface area contributed by atoms with E-state index >= 15 is 0 Å². The number of fused-ring (bicyclic) bond motifs is 2. The van der Waals surface area contributed by atoms with Crippen molar-refractivity contribution in [1.82, 2.24) is 29.6 Å². The molecule has 156 valence electrons. The summed E-state index contributed by atoms with van der Waals surface area (Å²) in [7, 11) is 0. The van der Waals surface area contributed by atoms with Gasteiger partial charge in [0.1, 0.15) is 17.9 Å². The zero-order valence-electron chi connectivity index (χ0n) is 16.5. The van der Waals surface area contributed by atoms with Gasteiger partial charge >= 0.3 is 0 Å². The van der Waals surface area contributed by atoms with E-state index in [0.717, 1.165) is 16.8 Å². The second kappa shape index (κ2) is 7.20. The summed E-state index contributed by atoms with van der Waals surface area (Å²) >= 11 is 0. The molecule has 0 unspecified atom stereocenters. The highest BCUT2D eigenvalue weighted by atomic mass is 16.5. The third-order valence-corrected chi connectivity index (χ3v) is 5.13. The number of carbonyl (C=O) groups is 2. The van der Waals surface area contributed by atoms with Crippen LogP contribution in [0.15, 0.2) is 42.7 Å². The van der Waals surface area contributed by atoms with Crippen LogP contribution < -0.4 is 15.8 Å². The summed E-state index contributed by atoms with van der Waals surface area (Å²) in [5, 5.41) is 19.9. The first-order valence-electron chi connectivity index (χ1n) is 9.57. The predicted octanol–water partition coefficient (Wildman–Crippen LogP) is 0.957. The largest absolute Gasteiger partial charge is 0.484 e. The molecule has 4 aromatic rings. The Morgan fingerprint density at radius 2 is 2.03 bits per heavy atom. The maximum Gasteiger partial charge on any atom is 0.255 e. The standard InChI is InChI=1S/C20H18N8O3/c1-11-19-14(12-2-4-13(5-3-12)31-9-15(21)29)8-18(30)23-20(19)28(25-11)17-7-6-16-24-22-10-27(16)26-17/h2-7,10,14H,8-9H2,1H3,(H2,21,29)(H,23,30)/t14-/m1/s1. The third-order valence-electron chi connectivity index (χ3n) is 5.13. The first-order chi connectivity index (χ1) is 15.0. The molecular weight excluding hydrogens is 400 g/mol. The van der Waals surface area contributed by atoms with E-state index in [4.69, 9.17) is 10.5 Å². The fourth-order valence-electron chi connectivity index (χ4n) is 3.78. The number of benzene rings is 1. The van der Waals surface area contributed by atoms with Gasteiger partial charge in [-0.2, -0.15) is 14.3 Å². The summed E-state index contributed by atoms with van der Waals surface area (Å²) in [5.74, 6) is 0.820. The van der Waals surface area contributed by atoms with Crippen molar-refractivity contribution in [3.8, 4) is 11.6 Å². The van der Waals surface area contributed by atoms with Crippen LogP contribution in [0, 0.1) is 6.92 Å². The molecule has 1 aromatic carbocycles. The fraction of sp³-hybridized carbons (Fsp3) is 0.200. The van der Waals surface area contributed by atoms with Crippen LogP contribution in [0.4, 0.5) is 5.82 Å². The molecule has 0 saturated carbocycles. The number of aromatic nitrogens is 6. The number of hydrogen-bond donors (Lipinski definition) is 2. The molecule has 31 heavy (non-hydrogen) atoms. The molecule has 0 aliphatic carbocycles. The van der Waals surface area contributed by atoms with E-state index in [2.05, 4.69) is 25.7 Å². The number of rotatable bonds is 5. The van der Waals surface area contributed by atoms with Crippen molar-refractivity contribution >= 4 is 23.3 Å². The fourth-order valence-corrected chi connectivity index (χ4v) is 3.78. The molecular formula is C20H18N8O3. The average Bonchev–Trinajstić information content (AvgIpc) is 3.36. The molecule has 11 nitrogen and oxygen atoms in total. The number of anilines is 1. The molecule has 0 spiro atoms. The van der Waals surface area contributed by atoms with Gasteiger partial charge in [-0.15, -0.1) is 15.3 Å². The Balaban J connectivity index is 1.53. The molecule has 0 saturated heterocycles. The van der Waals surface area contributed by atoms with Crippen LogP contribution in [-0.4, -0.2) is 48.0 Å². The van der Waals surface area contributed by atoms with Gasteiger partial charge in [-0.05, 0) is 36.8 Å². The second-order valence-corrected chi connectivity index (χ2v) is 7.21. The Bertz CT molecular complexity index is 1310. The second-order valence-electron chi connectivity index (χ2n) is 7.21. The highest BCUT2D eigenvalue weighted by molar-refractivity contribution is 5.95.